The van der Waals surface area contributed by atoms with Gasteiger partial charge in [0.05, 0.1) is 0 Å². The Labute approximate surface area is 162 Å². The lowest BCUT2D eigenvalue weighted by Gasteiger charge is -2.34. The summed E-state index contributed by atoms with van der Waals surface area (Å²) in [6.45, 7) is 5.84. The van der Waals surface area contributed by atoms with E-state index in [9.17, 15) is 13.2 Å². The van der Waals surface area contributed by atoms with Crippen molar-refractivity contribution in [2.24, 2.45) is 0 Å². The van der Waals surface area contributed by atoms with Gasteiger partial charge in [-0.05, 0) is 37.8 Å². The van der Waals surface area contributed by atoms with E-state index in [-0.39, 0.29) is 0 Å². The minimum absolute atomic E-state index is 0.433. The molecule has 0 saturated heterocycles. The highest BCUT2D eigenvalue weighted by Crippen LogP contribution is 2.29. The predicted octanol–water partition coefficient (Wildman–Crippen LogP) is 5.14. The highest BCUT2D eigenvalue weighted by molar-refractivity contribution is 5.31. The molecule has 0 saturated carbocycles. The van der Waals surface area contributed by atoms with E-state index in [1.165, 1.54) is 5.57 Å². The molecule has 0 amide bonds. The number of rotatable bonds is 10. The van der Waals surface area contributed by atoms with Crippen LogP contribution in [0.4, 0.5) is 13.2 Å². The molecule has 0 aromatic carbocycles. The molecule has 0 aromatic rings. The smallest absolute Gasteiger partial charge is 0.261 e. The highest BCUT2D eigenvalue weighted by Gasteiger charge is 2.27. The predicted molar refractivity (Wildman–Crippen MR) is 104 cm³/mol. The third-order valence-corrected chi connectivity index (χ3v) is 5.65. The van der Waals surface area contributed by atoms with Crippen molar-refractivity contribution in [1.29, 1.82) is 0 Å². The molecule has 2 aliphatic rings. The van der Waals surface area contributed by atoms with E-state index in [2.05, 4.69) is 11.8 Å². The third-order valence-electron chi connectivity index (χ3n) is 5.65. The van der Waals surface area contributed by atoms with Crippen LogP contribution >= 0.6 is 0 Å². The number of hydrogen-bond acceptors (Lipinski definition) is 3. The monoisotopic (exact) mass is 388 g/mol. The summed E-state index contributed by atoms with van der Waals surface area (Å²) in [5.74, 6) is 0. The molecular weight excluding hydrogens is 353 g/mol. The largest absolute Gasteiger partial charge is 0.349 e. The van der Waals surface area contributed by atoms with E-state index in [4.69, 9.17) is 4.74 Å². The van der Waals surface area contributed by atoms with E-state index in [0.717, 1.165) is 57.4 Å². The molecule has 0 aliphatic carbocycles. The fraction of sp³-hybridized carbons (Fsp3) is 0.810. The Hall–Kier alpha value is -1.01. The maximum absolute atomic E-state index is 14.7. The molecular formula is C21H35F3N2O. The summed E-state index contributed by atoms with van der Waals surface area (Å²) in [7, 11) is 1.90. The molecule has 0 radical (unpaired) electrons. The summed E-state index contributed by atoms with van der Waals surface area (Å²) in [6, 6.07) is 0. The van der Waals surface area contributed by atoms with Gasteiger partial charge >= 0.3 is 0 Å². The number of alkyl halides is 3. The molecule has 156 valence electrons. The van der Waals surface area contributed by atoms with Crippen molar-refractivity contribution in [2.45, 2.75) is 77.1 Å². The standard InChI is InChI=1S/C21H35F3N2O/c1-4-5-6-11-21(2,24)12-15-26-13-9-17-7-8-20(27-16-19(22)23)25(3)18(17)10-14-26/h7-8,19-20H,4-6,9-16H2,1-3H3. The van der Waals surface area contributed by atoms with Gasteiger partial charge in [0.1, 0.15) is 18.5 Å². The van der Waals surface area contributed by atoms with Crippen LogP contribution < -0.4 is 0 Å². The summed E-state index contributed by atoms with van der Waals surface area (Å²) < 4.78 is 44.9. The van der Waals surface area contributed by atoms with Crippen molar-refractivity contribution in [1.82, 2.24) is 9.80 Å². The SMILES string of the molecule is CCCCCC(C)(F)CCN1CCC2=C(CC1)N(C)C(OCC(F)F)C=C2. The van der Waals surface area contributed by atoms with Gasteiger partial charge in [-0.15, -0.1) is 0 Å². The third kappa shape index (κ3) is 7.15. The molecule has 0 spiro atoms. The fourth-order valence-corrected chi connectivity index (χ4v) is 3.84. The summed E-state index contributed by atoms with van der Waals surface area (Å²) in [5, 5.41) is 0. The van der Waals surface area contributed by atoms with E-state index in [0.29, 0.717) is 12.8 Å². The number of allylic oxidation sites excluding steroid dienone is 1. The molecule has 6 heteroatoms. The molecule has 3 nitrogen and oxygen atoms in total. The van der Waals surface area contributed by atoms with Crippen molar-refractivity contribution in [3.8, 4) is 0 Å². The van der Waals surface area contributed by atoms with Crippen LogP contribution in [0.25, 0.3) is 0 Å². The van der Waals surface area contributed by atoms with Crippen molar-refractivity contribution in [3.63, 3.8) is 0 Å². The number of halogens is 3. The second kappa shape index (κ2) is 10.5. The van der Waals surface area contributed by atoms with Gasteiger partial charge in [-0.3, -0.25) is 0 Å². The maximum atomic E-state index is 14.7. The lowest BCUT2D eigenvalue weighted by atomic mass is 9.96. The van der Waals surface area contributed by atoms with Gasteiger partial charge in [0, 0.05) is 38.8 Å². The number of nitrogens with zero attached hydrogens (tertiary/aromatic N) is 2. The van der Waals surface area contributed by atoms with Gasteiger partial charge in [-0.1, -0.05) is 32.3 Å². The van der Waals surface area contributed by atoms with Crippen LogP contribution in [-0.4, -0.2) is 61.4 Å². The highest BCUT2D eigenvalue weighted by atomic mass is 19.3. The molecule has 0 fully saturated rings. The second-order valence-electron chi connectivity index (χ2n) is 8.02. The minimum atomic E-state index is -2.46. The van der Waals surface area contributed by atoms with Crippen LogP contribution in [0.1, 0.15) is 58.8 Å². The summed E-state index contributed by atoms with van der Waals surface area (Å²) in [6.07, 6.45) is 7.06. The number of unbranched alkanes of at least 4 members (excludes halogenated alkanes) is 2. The van der Waals surface area contributed by atoms with Gasteiger partial charge in [0.15, 0.2) is 0 Å². The lowest BCUT2D eigenvalue weighted by Crippen LogP contribution is -2.36. The molecule has 2 atom stereocenters. The van der Waals surface area contributed by atoms with Gasteiger partial charge < -0.3 is 14.5 Å². The number of hydrogen-bond donors (Lipinski definition) is 0. The van der Waals surface area contributed by atoms with Crippen molar-refractivity contribution < 1.29 is 17.9 Å². The second-order valence-corrected chi connectivity index (χ2v) is 8.02. The van der Waals surface area contributed by atoms with E-state index < -0.39 is 24.9 Å². The van der Waals surface area contributed by atoms with Crippen LogP contribution in [-0.2, 0) is 4.74 Å². The van der Waals surface area contributed by atoms with Gasteiger partial charge in [-0.2, -0.15) is 0 Å². The average molecular weight is 389 g/mol. The Morgan fingerprint density at radius 2 is 1.96 bits per heavy atom. The Bertz CT molecular complexity index is 520. The first kappa shape index (κ1) is 22.3. The molecule has 0 aromatic heterocycles. The Balaban J connectivity index is 1.82. The molecule has 2 rings (SSSR count). The van der Waals surface area contributed by atoms with Crippen LogP contribution in [0.2, 0.25) is 0 Å². The van der Waals surface area contributed by atoms with Crippen LogP contribution in [0, 0.1) is 0 Å². The molecule has 2 aliphatic heterocycles. The van der Waals surface area contributed by atoms with E-state index >= 15 is 0 Å². The number of likely N-dealkylation sites (N-methyl/N-ethyl adjacent to an activating group) is 1. The van der Waals surface area contributed by atoms with Crippen LogP contribution in [0.3, 0.4) is 0 Å². The Morgan fingerprint density at radius 1 is 1.22 bits per heavy atom. The lowest BCUT2D eigenvalue weighted by molar-refractivity contribution is -0.0547. The molecule has 2 heterocycles. The molecule has 0 N–H and O–H groups in total. The zero-order chi connectivity index (χ0) is 19.9. The van der Waals surface area contributed by atoms with Crippen LogP contribution in [0.15, 0.2) is 23.4 Å². The average Bonchev–Trinajstić information content (AvgIpc) is 2.82. The molecule has 2 unspecified atom stereocenters. The Morgan fingerprint density at radius 3 is 2.67 bits per heavy atom. The Kier molecular flexibility index (Phi) is 8.67. The summed E-state index contributed by atoms with van der Waals surface area (Å²) in [5.41, 5.74) is 1.30. The quantitative estimate of drug-likeness (QED) is 0.482. The van der Waals surface area contributed by atoms with Crippen molar-refractivity contribution in [2.75, 3.05) is 33.3 Å². The number of ether oxygens (including phenoxy) is 1. The molecule has 27 heavy (non-hydrogen) atoms. The van der Waals surface area contributed by atoms with Crippen molar-refractivity contribution >= 4 is 0 Å². The first-order valence-corrected chi connectivity index (χ1v) is 10.3. The topological polar surface area (TPSA) is 15.7 Å². The molecule has 0 bridgehead atoms. The fourth-order valence-electron chi connectivity index (χ4n) is 3.84. The van der Waals surface area contributed by atoms with Crippen LogP contribution in [0.5, 0.6) is 0 Å². The normalized spacial score (nSPS) is 23.5. The zero-order valence-corrected chi connectivity index (χ0v) is 17.0. The van der Waals surface area contributed by atoms with E-state index in [1.54, 1.807) is 6.92 Å². The first-order valence-electron chi connectivity index (χ1n) is 10.3. The minimum Gasteiger partial charge on any atom is -0.349 e. The van der Waals surface area contributed by atoms with Gasteiger partial charge in [-0.25, -0.2) is 13.2 Å². The summed E-state index contributed by atoms with van der Waals surface area (Å²) >= 11 is 0. The first-order chi connectivity index (χ1) is 12.8. The maximum Gasteiger partial charge on any atom is 0.261 e. The zero-order valence-electron chi connectivity index (χ0n) is 17.0. The van der Waals surface area contributed by atoms with Gasteiger partial charge in [0.2, 0.25) is 0 Å². The summed E-state index contributed by atoms with van der Waals surface area (Å²) in [4.78, 5) is 4.29. The van der Waals surface area contributed by atoms with E-state index in [1.807, 2.05) is 24.1 Å². The van der Waals surface area contributed by atoms with Gasteiger partial charge in [0.25, 0.3) is 6.43 Å². The van der Waals surface area contributed by atoms with Crippen molar-refractivity contribution in [3.05, 3.63) is 23.4 Å².